The molecule has 0 spiro atoms. The topological polar surface area (TPSA) is 91.4 Å². The number of fused-ring (bicyclic) bond motifs is 3. The van der Waals surface area contributed by atoms with Gasteiger partial charge in [-0.25, -0.2) is 4.90 Å². The molecule has 4 rings (SSSR count). The second-order valence-corrected chi connectivity index (χ2v) is 7.18. The Labute approximate surface area is 135 Å². The van der Waals surface area contributed by atoms with E-state index in [2.05, 4.69) is 10.1 Å². The van der Waals surface area contributed by atoms with Crippen molar-refractivity contribution < 1.29 is 19.8 Å². The minimum Gasteiger partial charge on any atom is -0.622 e. The third-order valence-electron chi connectivity index (χ3n) is 6.33. The molecule has 7 heteroatoms. The van der Waals surface area contributed by atoms with Crippen LogP contribution in [0.4, 0.5) is 0 Å². The van der Waals surface area contributed by atoms with Crippen LogP contribution in [0.1, 0.15) is 44.9 Å². The molecule has 2 N–H and O–H groups in total. The summed E-state index contributed by atoms with van der Waals surface area (Å²) >= 11 is 0. The molecule has 0 aromatic carbocycles. The summed E-state index contributed by atoms with van der Waals surface area (Å²) in [6, 6.07) is 0. The summed E-state index contributed by atoms with van der Waals surface area (Å²) in [6.45, 7) is 2.67. The number of oxime groups is 1. The molecule has 0 radical (unpaired) electrons. The van der Waals surface area contributed by atoms with Crippen molar-refractivity contribution in [2.75, 3.05) is 26.3 Å². The Bertz CT molecular complexity index is 558. The van der Waals surface area contributed by atoms with Gasteiger partial charge >= 0.3 is 0 Å². The van der Waals surface area contributed by atoms with E-state index < -0.39 is 11.3 Å². The van der Waals surface area contributed by atoms with Crippen LogP contribution in [0, 0.1) is 11.1 Å². The first kappa shape index (κ1) is 15.4. The van der Waals surface area contributed by atoms with Crippen LogP contribution < -0.4 is 0 Å². The second kappa shape index (κ2) is 5.43. The van der Waals surface area contributed by atoms with Crippen molar-refractivity contribution in [3.8, 4) is 0 Å². The van der Waals surface area contributed by atoms with Gasteiger partial charge in [-0.3, -0.25) is 0 Å². The van der Waals surface area contributed by atoms with Crippen molar-refractivity contribution in [1.82, 2.24) is 4.90 Å². The normalized spacial score (nSPS) is 43.5. The van der Waals surface area contributed by atoms with Gasteiger partial charge in [-0.05, 0) is 25.7 Å². The predicted octanol–water partition coefficient (Wildman–Crippen LogP) is 0.915. The summed E-state index contributed by atoms with van der Waals surface area (Å²) in [5.41, 5.74) is -1.18. The van der Waals surface area contributed by atoms with Crippen LogP contribution in [0.25, 0.3) is 0 Å². The van der Waals surface area contributed by atoms with Gasteiger partial charge in [-0.2, -0.15) is 4.74 Å². The Balaban J connectivity index is 1.85. The Hall–Kier alpha value is -1.18. The highest BCUT2D eigenvalue weighted by molar-refractivity contribution is 6.15. The number of morpholine rings is 1. The Morgan fingerprint density at radius 1 is 1.22 bits per heavy atom. The van der Waals surface area contributed by atoms with Crippen LogP contribution in [-0.4, -0.2) is 68.9 Å². The van der Waals surface area contributed by atoms with Crippen molar-refractivity contribution in [3.63, 3.8) is 0 Å². The summed E-state index contributed by atoms with van der Waals surface area (Å²) in [5.74, 6) is -0.222. The van der Waals surface area contributed by atoms with E-state index in [-0.39, 0.29) is 5.92 Å². The third-order valence-corrected chi connectivity index (χ3v) is 6.33. The summed E-state index contributed by atoms with van der Waals surface area (Å²) in [4.78, 5) is 2.21. The van der Waals surface area contributed by atoms with Crippen LogP contribution in [0.5, 0.6) is 0 Å². The third kappa shape index (κ3) is 1.87. The van der Waals surface area contributed by atoms with E-state index in [4.69, 9.17) is 4.74 Å². The quantitative estimate of drug-likeness (QED) is 0.324. The standard InChI is InChI=1S/C16H25N3O4/c20-16-12-4-1-2-7-15(12,18-8-10-23-11-9-18)19(22)14(16)6-3-5-13(16)17-21/h12,20-21H,1-11H2/b17-13-/t12-,15-,16-/m1/s1. The highest BCUT2D eigenvalue weighted by Crippen LogP contribution is 2.52. The molecule has 0 bridgehead atoms. The van der Waals surface area contributed by atoms with Crippen LogP contribution >= 0.6 is 0 Å². The second-order valence-electron chi connectivity index (χ2n) is 7.18. The van der Waals surface area contributed by atoms with Crippen molar-refractivity contribution in [3.05, 3.63) is 5.21 Å². The Morgan fingerprint density at radius 2 is 2.00 bits per heavy atom. The smallest absolute Gasteiger partial charge is 0.235 e. The first-order valence-corrected chi connectivity index (χ1v) is 8.76. The molecular formula is C16H25N3O4. The van der Waals surface area contributed by atoms with Crippen LogP contribution in [0.2, 0.25) is 0 Å². The molecule has 2 aliphatic heterocycles. The molecular weight excluding hydrogens is 298 g/mol. The van der Waals surface area contributed by atoms with E-state index in [1.165, 1.54) is 0 Å². The minimum absolute atomic E-state index is 0.222. The molecule has 1 saturated heterocycles. The molecule has 7 nitrogen and oxygen atoms in total. The van der Waals surface area contributed by atoms with Gasteiger partial charge in [0.25, 0.3) is 0 Å². The zero-order valence-corrected chi connectivity index (χ0v) is 13.4. The lowest BCUT2D eigenvalue weighted by Gasteiger charge is -2.47. The van der Waals surface area contributed by atoms with Crippen molar-refractivity contribution in [2.24, 2.45) is 11.1 Å². The van der Waals surface area contributed by atoms with E-state index >= 15 is 0 Å². The fraction of sp³-hybridized carbons (Fsp3) is 0.875. The van der Waals surface area contributed by atoms with E-state index in [0.29, 0.717) is 50.6 Å². The van der Waals surface area contributed by atoms with Crippen molar-refractivity contribution in [2.45, 2.75) is 56.2 Å². The summed E-state index contributed by atoms with van der Waals surface area (Å²) in [5, 5.41) is 37.7. The molecule has 3 atom stereocenters. The van der Waals surface area contributed by atoms with Gasteiger partial charge in [0.2, 0.25) is 11.4 Å². The van der Waals surface area contributed by atoms with E-state index in [1.807, 2.05) is 0 Å². The van der Waals surface area contributed by atoms with Gasteiger partial charge < -0.3 is 20.3 Å². The molecule has 0 unspecified atom stereocenters. The number of rotatable bonds is 1. The highest BCUT2D eigenvalue weighted by atomic mass is 16.5. The predicted molar refractivity (Wildman–Crippen MR) is 83.7 cm³/mol. The van der Waals surface area contributed by atoms with Gasteiger partial charge in [0.1, 0.15) is 0 Å². The fourth-order valence-corrected chi connectivity index (χ4v) is 5.37. The number of hydroxylamine groups is 1. The van der Waals surface area contributed by atoms with Crippen LogP contribution in [0.15, 0.2) is 5.16 Å². The average Bonchev–Trinajstić information content (AvgIpc) is 2.82. The molecule has 2 heterocycles. The lowest BCUT2D eigenvalue weighted by Crippen LogP contribution is -2.65. The average molecular weight is 323 g/mol. The largest absolute Gasteiger partial charge is 0.622 e. The molecule has 4 aliphatic rings. The highest BCUT2D eigenvalue weighted by Gasteiger charge is 2.71. The molecule has 0 amide bonds. The Kier molecular flexibility index (Phi) is 3.62. The van der Waals surface area contributed by atoms with Gasteiger partial charge in [-0.15, -0.1) is 0 Å². The molecule has 0 aromatic rings. The zero-order valence-electron chi connectivity index (χ0n) is 13.4. The lowest BCUT2D eigenvalue weighted by molar-refractivity contribution is -0.591. The SMILES string of the molecule is [O-][N+]1=C2CCC/C(=N/O)[C@]2(O)[C@@H]2CCCC[C@]21N1CCOCC1. The molecule has 0 aromatic heterocycles. The van der Waals surface area contributed by atoms with Crippen molar-refractivity contribution in [1.29, 1.82) is 0 Å². The maximum absolute atomic E-state index is 13.4. The van der Waals surface area contributed by atoms with Gasteiger partial charge in [0.05, 0.1) is 24.8 Å². The number of nitrogens with zero attached hydrogens (tertiary/aromatic N) is 3. The zero-order chi connectivity index (χ0) is 16.1. The molecule has 2 aliphatic carbocycles. The Morgan fingerprint density at radius 3 is 2.74 bits per heavy atom. The summed E-state index contributed by atoms with van der Waals surface area (Å²) in [6.07, 6.45) is 5.42. The maximum atomic E-state index is 13.4. The maximum Gasteiger partial charge on any atom is 0.235 e. The van der Waals surface area contributed by atoms with E-state index in [9.17, 15) is 15.5 Å². The number of aliphatic hydroxyl groups is 1. The first-order chi connectivity index (χ1) is 11.2. The van der Waals surface area contributed by atoms with Crippen LogP contribution in [0.3, 0.4) is 0 Å². The molecule has 3 fully saturated rings. The number of ether oxygens (including phenoxy) is 1. The molecule has 128 valence electrons. The lowest BCUT2D eigenvalue weighted by atomic mass is 9.65. The van der Waals surface area contributed by atoms with Gasteiger partial charge in [0.15, 0.2) is 5.60 Å². The van der Waals surface area contributed by atoms with Crippen LogP contribution in [-0.2, 0) is 4.74 Å². The van der Waals surface area contributed by atoms with Gasteiger partial charge in [-0.1, -0.05) is 11.6 Å². The molecule has 2 saturated carbocycles. The molecule has 23 heavy (non-hydrogen) atoms. The monoisotopic (exact) mass is 323 g/mol. The number of hydrogen-bond donors (Lipinski definition) is 2. The minimum atomic E-state index is -1.37. The first-order valence-electron chi connectivity index (χ1n) is 8.76. The number of hydrogen-bond acceptors (Lipinski definition) is 6. The fourth-order valence-electron chi connectivity index (χ4n) is 5.37. The van der Waals surface area contributed by atoms with Gasteiger partial charge in [0, 0.05) is 25.9 Å². The summed E-state index contributed by atoms with van der Waals surface area (Å²) < 4.78 is 6.57. The van der Waals surface area contributed by atoms with Crippen molar-refractivity contribution >= 4 is 11.4 Å². The van der Waals surface area contributed by atoms with E-state index in [0.717, 1.165) is 36.8 Å². The van der Waals surface area contributed by atoms with E-state index in [1.54, 1.807) is 0 Å². The summed E-state index contributed by atoms with van der Waals surface area (Å²) in [7, 11) is 0.